The Kier molecular flexibility index (Phi) is 14.8. The molecule has 0 saturated carbocycles. The molecular weight excluding hydrogens is 597 g/mol. The smallest absolute Gasteiger partial charge is 0.305 e. The zero-order valence-corrected chi connectivity index (χ0v) is 32.8. The lowest BCUT2D eigenvalue weighted by Gasteiger charge is -2.46. The predicted molar refractivity (Wildman–Crippen MR) is 194 cm³/mol. The standard InChI is InChI=1S/C36H62O5Si3/c1-12-36(41-42(9,10)11,30-40-43(13-2,14-3)15-4)28-31(26-27-34(37)38-8)29-39-44(35(5,6)7,32-22-18-16-19-23-32)33-24-20-17-21-25-33/h16-25,31H,12-15,26-30H2,1-11H3/t31-,36+/m1/s1. The van der Waals surface area contributed by atoms with Crippen LogP contribution in [0.1, 0.15) is 74.1 Å². The Labute approximate surface area is 272 Å². The van der Waals surface area contributed by atoms with E-state index in [1.165, 1.54) is 17.5 Å². The van der Waals surface area contributed by atoms with Crippen molar-refractivity contribution < 1.29 is 22.8 Å². The van der Waals surface area contributed by atoms with Crippen LogP contribution in [0.15, 0.2) is 60.7 Å². The van der Waals surface area contributed by atoms with Crippen LogP contribution in [0.4, 0.5) is 0 Å². The van der Waals surface area contributed by atoms with Crippen molar-refractivity contribution in [2.75, 3.05) is 20.3 Å². The van der Waals surface area contributed by atoms with E-state index in [2.05, 4.69) is 129 Å². The summed E-state index contributed by atoms with van der Waals surface area (Å²) in [6.45, 7) is 24.0. The average Bonchev–Trinajstić information content (AvgIpc) is 3.00. The highest BCUT2D eigenvalue weighted by Crippen LogP contribution is 2.39. The molecule has 0 radical (unpaired) electrons. The van der Waals surface area contributed by atoms with Gasteiger partial charge in [0.2, 0.25) is 0 Å². The number of hydrogen-bond acceptors (Lipinski definition) is 5. The number of hydrogen-bond donors (Lipinski definition) is 0. The molecule has 44 heavy (non-hydrogen) atoms. The van der Waals surface area contributed by atoms with Crippen molar-refractivity contribution in [3.05, 3.63) is 60.7 Å². The maximum Gasteiger partial charge on any atom is 0.305 e. The largest absolute Gasteiger partial charge is 0.469 e. The van der Waals surface area contributed by atoms with Crippen molar-refractivity contribution in [2.45, 2.75) is 123 Å². The molecule has 0 aromatic heterocycles. The lowest BCUT2D eigenvalue weighted by atomic mass is 9.87. The SMILES string of the molecule is CC[C@@](CO[Si](CC)(CC)CC)(C[C@@H](CCC(=O)OC)CO[Si](c1ccccc1)(c1ccccc1)C(C)(C)C)O[Si](C)(C)C. The van der Waals surface area contributed by atoms with E-state index >= 15 is 0 Å². The third-order valence-electron chi connectivity index (χ3n) is 9.34. The number of ether oxygens (including phenoxy) is 1. The van der Waals surface area contributed by atoms with Gasteiger partial charge in [0.25, 0.3) is 8.32 Å². The van der Waals surface area contributed by atoms with Crippen molar-refractivity contribution in [2.24, 2.45) is 5.92 Å². The molecule has 5 nitrogen and oxygen atoms in total. The molecular formula is C36H62O5Si3. The van der Waals surface area contributed by atoms with E-state index in [1.807, 2.05) is 0 Å². The molecule has 0 unspecified atom stereocenters. The van der Waals surface area contributed by atoms with Gasteiger partial charge in [-0.3, -0.25) is 4.79 Å². The first kappa shape index (κ1) is 38.6. The minimum Gasteiger partial charge on any atom is -0.469 e. The van der Waals surface area contributed by atoms with E-state index in [-0.39, 0.29) is 16.9 Å². The van der Waals surface area contributed by atoms with Gasteiger partial charge in [0.15, 0.2) is 16.6 Å². The molecule has 0 heterocycles. The Morgan fingerprint density at radius 3 is 1.68 bits per heavy atom. The van der Waals surface area contributed by atoms with Crippen molar-refractivity contribution in [1.29, 1.82) is 0 Å². The predicted octanol–water partition coefficient (Wildman–Crippen LogP) is 8.54. The number of carbonyl (C=O) groups is 1. The molecule has 0 amide bonds. The molecule has 0 aliphatic heterocycles. The molecule has 8 heteroatoms. The van der Waals surface area contributed by atoms with Crippen molar-refractivity contribution in [3.8, 4) is 0 Å². The average molecular weight is 659 g/mol. The van der Waals surface area contributed by atoms with Crippen LogP contribution in [0.5, 0.6) is 0 Å². The summed E-state index contributed by atoms with van der Waals surface area (Å²) < 4.78 is 26.6. The Morgan fingerprint density at radius 2 is 1.30 bits per heavy atom. The molecule has 2 rings (SSSR count). The fourth-order valence-electron chi connectivity index (χ4n) is 6.64. The van der Waals surface area contributed by atoms with Crippen molar-refractivity contribution in [3.63, 3.8) is 0 Å². The summed E-state index contributed by atoms with van der Waals surface area (Å²) in [5, 5.41) is 2.40. The van der Waals surface area contributed by atoms with Crippen molar-refractivity contribution >= 4 is 41.3 Å². The molecule has 0 fully saturated rings. The van der Waals surface area contributed by atoms with E-state index < -0.39 is 30.6 Å². The van der Waals surface area contributed by atoms with E-state index in [0.717, 1.165) is 31.0 Å². The number of esters is 1. The van der Waals surface area contributed by atoms with Gasteiger partial charge < -0.3 is 18.0 Å². The van der Waals surface area contributed by atoms with Gasteiger partial charge in [-0.05, 0) is 78.4 Å². The van der Waals surface area contributed by atoms with Gasteiger partial charge in [-0.1, -0.05) is 109 Å². The fraction of sp³-hybridized carbons (Fsp3) is 0.639. The second-order valence-corrected chi connectivity index (χ2v) is 28.0. The monoisotopic (exact) mass is 658 g/mol. The van der Waals surface area contributed by atoms with Crippen LogP contribution in [0.25, 0.3) is 0 Å². The molecule has 0 aliphatic carbocycles. The zero-order valence-electron chi connectivity index (χ0n) is 29.8. The number of rotatable bonds is 19. The second-order valence-electron chi connectivity index (χ2n) is 14.4. The van der Waals surface area contributed by atoms with Gasteiger partial charge >= 0.3 is 5.97 Å². The van der Waals surface area contributed by atoms with Gasteiger partial charge in [-0.15, -0.1) is 0 Å². The normalized spacial score (nSPS) is 15.1. The summed E-state index contributed by atoms with van der Waals surface area (Å²) in [5.41, 5.74) is -0.433. The summed E-state index contributed by atoms with van der Waals surface area (Å²) in [6.07, 6.45) is 2.67. The minimum atomic E-state index is -2.75. The summed E-state index contributed by atoms with van der Waals surface area (Å²) in [7, 11) is -5.05. The summed E-state index contributed by atoms with van der Waals surface area (Å²) in [5.74, 6) is -0.0871. The minimum absolute atomic E-state index is 0.0941. The third kappa shape index (κ3) is 10.2. The molecule has 0 spiro atoms. The molecule has 0 bridgehead atoms. The van der Waals surface area contributed by atoms with E-state index in [1.54, 1.807) is 0 Å². The topological polar surface area (TPSA) is 54.0 Å². The van der Waals surface area contributed by atoms with Crippen molar-refractivity contribution in [1.82, 2.24) is 0 Å². The highest BCUT2D eigenvalue weighted by molar-refractivity contribution is 6.99. The maximum atomic E-state index is 12.5. The Hall–Kier alpha value is -1.56. The van der Waals surface area contributed by atoms with Crippen LogP contribution in [-0.2, 0) is 22.8 Å². The summed E-state index contributed by atoms with van der Waals surface area (Å²) in [4.78, 5) is 12.5. The molecule has 248 valence electrons. The van der Waals surface area contributed by atoms with Gasteiger partial charge in [-0.2, -0.15) is 0 Å². The highest BCUT2D eigenvalue weighted by Gasteiger charge is 2.51. The zero-order chi connectivity index (χ0) is 33.1. The second kappa shape index (κ2) is 16.8. The lowest BCUT2D eigenvalue weighted by Crippen LogP contribution is -2.67. The van der Waals surface area contributed by atoms with E-state index in [4.69, 9.17) is 18.0 Å². The fourth-order valence-corrected chi connectivity index (χ4v) is 15.5. The highest BCUT2D eigenvalue weighted by atomic mass is 28.4. The Morgan fingerprint density at radius 1 is 0.795 bits per heavy atom. The van der Waals surface area contributed by atoms with Gasteiger partial charge in [0.1, 0.15) is 0 Å². The number of benzene rings is 2. The molecule has 0 saturated heterocycles. The summed E-state index contributed by atoms with van der Waals surface area (Å²) in [6, 6.07) is 24.9. The first-order valence-corrected chi connectivity index (χ1v) is 24.7. The summed E-state index contributed by atoms with van der Waals surface area (Å²) >= 11 is 0. The van der Waals surface area contributed by atoms with Crippen LogP contribution in [0, 0.1) is 5.92 Å². The Balaban J connectivity index is 2.60. The molecule has 0 N–H and O–H groups in total. The van der Waals surface area contributed by atoms with Gasteiger partial charge in [-0.25, -0.2) is 0 Å². The molecule has 0 aliphatic rings. The molecule has 2 aromatic carbocycles. The molecule has 2 atom stereocenters. The third-order valence-corrected chi connectivity index (χ3v) is 20.0. The van der Waals surface area contributed by atoms with Gasteiger partial charge in [0, 0.05) is 13.0 Å². The number of methoxy groups -OCH3 is 1. The lowest BCUT2D eigenvalue weighted by molar-refractivity contribution is -0.141. The Bertz CT molecular complexity index is 1060. The van der Waals surface area contributed by atoms with Crippen LogP contribution in [-0.4, -0.2) is 56.8 Å². The van der Waals surface area contributed by atoms with E-state index in [9.17, 15) is 4.79 Å². The molecule has 2 aromatic rings. The first-order chi connectivity index (χ1) is 20.7. The maximum absolute atomic E-state index is 12.5. The number of carbonyl (C=O) groups excluding carboxylic acids is 1. The van der Waals surface area contributed by atoms with Crippen LogP contribution >= 0.6 is 0 Å². The first-order valence-electron chi connectivity index (χ1n) is 16.8. The van der Waals surface area contributed by atoms with Crippen LogP contribution in [0.2, 0.25) is 42.8 Å². The quantitative estimate of drug-likeness (QED) is 0.112. The van der Waals surface area contributed by atoms with Crippen LogP contribution < -0.4 is 10.4 Å². The van der Waals surface area contributed by atoms with E-state index in [0.29, 0.717) is 26.1 Å². The van der Waals surface area contributed by atoms with Crippen LogP contribution in [0.3, 0.4) is 0 Å². The van der Waals surface area contributed by atoms with Gasteiger partial charge in [0.05, 0.1) is 19.3 Å².